The van der Waals surface area contributed by atoms with Gasteiger partial charge in [-0.15, -0.1) is 0 Å². The lowest BCUT2D eigenvalue weighted by molar-refractivity contribution is 0.00680. The molecule has 0 amide bonds. The molecule has 0 radical (unpaired) electrons. The molecule has 0 spiro atoms. The summed E-state index contributed by atoms with van der Waals surface area (Å²) in [6, 6.07) is 0. The third kappa shape index (κ3) is 6.31. The van der Waals surface area contributed by atoms with E-state index in [1.165, 1.54) is 6.92 Å². The fourth-order valence-electron chi connectivity index (χ4n) is 0.819. The van der Waals surface area contributed by atoms with Gasteiger partial charge in [-0.1, -0.05) is 13.8 Å². The van der Waals surface area contributed by atoms with Gasteiger partial charge in [-0.25, -0.2) is 13.1 Å². The van der Waals surface area contributed by atoms with E-state index in [0.717, 1.165) is 0 Å². The average Bonchev–Trinajstić information content (AvgIpc) is 1.99. The number of aliphatic hydroxyl groups excluding tert-OH is 1. The first-order valence-electron chi connectivity index (χ1n) is 4.49. The summed E-state index contributed by atoms with van der Waals surface area (Å²) in [5.41, 5.74) is -1.40. The summed E-state index contributed by atoms with van der Waals surface area (Å²) >= 11 is 0. The summed E-state index contributed by atoms with van der Waals surface area (Å²) < 4.78 is 24.8. The molecule has 6 heteroatoms. The van der Waals surface area contributed by atoms with Crippen molar-refractivity contribution in [2.45, 2.75) is 26.4 Å². The van der Waals surface area contributed by atoms with Crippen LogP contribution in [0, 0.1) is 5.92 Å². The Morgan fingerprint density at radius 3 is 2.29 bits per heavy atom. The first-order valence-corrected chi connectivity index (χ1v) is 6.14. The van der Waals surface area contributed by atoms with Crippen LogP contribution in [0.3, 0.4) is 0 Å². The Hall–Kier alpha value is -0.170. The normalized spacial score (nSPS) is 17.0. The van der Waals surface area contributed by atoms with E-state index in [1.807, 2.05) is 0 Å². The van der Waals surface area contributed by atoms with Crippen LogP contribution in [0.2, 0.25) is 0 Å². The highest BCUT2D eigenvalue weighted by molar-refractivity contribution is 7.89. The summed E-state index contributed by atoms with van der Waals surface area (Å²) in [6.45, 7) is 4.31. The molecule has 0 aromatic heterocycles. The highest BCUT2D eigenvalue weighted by atomic mass is 32.2. The second-order valence-corrected chi connectivity index (χ2v) is 6.00. The lowest BCUT2D eigenvalue weighted by Crippen LogP contribution is -2.44. The van der Waals surface area contributed by atoms with Crippen molar-refractivity contribution >= 4 is 10.0 Å². The van der Waals surface area contributed by atoms with Crippen LogP contribution < -0.4 is 4.72 Å². The van der Waals surface area contributed by atoms with E-state index in [-0.39, 0.29) is 18.2 Å². The molecule has 0 aliphatic rings. The van der Waals surface area contributed by atoms with Crippen LogP contribution in [0.1, 0.15) is 20.8 Å². The molecule has 14 heavy (non-hydrogen) atoms. The summed E-state index contributed by atoms with van der Waals surface area (Å²) in [4.78, 5) is 0. The zero-order valence-electron chi connectivity index (χ0n) is 8.82. The van der Waals surface area contributed by atoms with Crippen molar-refractivity contribution in [1.29, 1.82) is 0 Å². The fraction of sp³-hybridized carbons (Fsp3) is 1.00. The van der Waals surface area contributed by atoms with Crippen LogP contribution in [0.15, 0.2) is 0 Å². The maximum atomic E-state index is 11.3. The predicted octanol–water partition coefficient (Wildman–Crippen LogP) is -0.695. The fourth-order valence-corrected chi connectivity index (χ4v) is 2.35. The van der Waals surface area contributed by atoms with Crippen molar-refractivity contribution in [2.75, 3.05) is 18.9 Å². The third-order valence-corrected chi connectivity index (χ3v) is 3.26. The summed E-state index contributed by atoms with van der Waals surface area (Å²) in [5.74, 6) is 0.0562. The van der Waals surface area contributed by atoms with Crippen LogP contribution in [0.25, 0.3) is 0 Å². The molecule has 0 aromatic carbocycles. The quantitative estimate of drug-likeness (QED) is 0.558. The van der Waals surface area contributed by atoms with Gasteiger partial charge in [0.15, 0.2) is 0 Å². The van der Waals surface area contributed by atoms with Crippen LogP contribution in [-0.4, -0.2) is 43.1 Å². The molecule has 0 aromatic rings. The zero-order valence-corrected chi connectivity index (χ0v) is 9.63. The van der Waals surface area contributed by atoms with Gasteiger partial charge in [-0.3, -0.25) is 0 Å². The van der Waals surface area contributed by atoms with E-state index in [4.69, 9.17) is 5.11 Å². The molecule has 0 heterocycles. The number of hydrogen-bond donors (Lipinski definition) is 3. The van der Waals surface area contributed by atoms with Crippen molar-refractivity contribution < 1.29 is 18.6 Å². The summed E-state index contributed by atoms with van der Waals surface area (Å²) in [5, 5.41) is 18.0. The Kier molecular flexibility index (Phi) is 5.00. The average molecular weight is 225 g/mol. The smallest absolute Gasteiger partial charge is 0.211 e. The highest BCUT2D eigenvalue weighted by Crippen LogP contribution is 2.02. The first kappa shape index (κ1) is 13.8. The maximum Gasteiger partial charge on any atom is 0.211 e. The van der Waals surface area contributed by atoms with Gasteiger partial charge in [0.25, 0.3) is 0 Å². The Morgan fingerprint density at radius 1 is 1.43 bits per heavy atom. The molecule has 5 nitrogen and oxygen atoms in total. The molecule has 1 atom stereocenters. The molecule has 0 fully saturated rings. The highest BCUT2D eigenvalue weighted by Gasteiger charge is 2.22. The second kappa shape index (κ2) is 5.06. The van der Waals surface area contributed by atoms with Gasteiger partial charge in [0.05, 0.1) is 18.0 Å². The van der Waals surface area contributed by atoms with Crippen molar-refractivity contribution in [2.24, 2.45) is 5.92 Å². The van der Waals surface area contributed by atoms with Crippen molar-refractivity contribution in [3.05, 3.63) is 0 Å². The zero-order chi connectivity index (χ0) is 11.4. The Bertz CT molecular complexity index is 259. The van der Waals surface area contributed by atoms with Gasteiger partial charge in [0.1, 0.15) is 0 Å². The minimum Gasteiger partial charge on any atom is -0.393 e. The van der Waals surface area contributed by atoms with E-state index in [2.05, 4.69) is 4.72 Å². The molecule has 1 unspecified atom stereocenters. The Balaban J connectivity index is 4.13. The molecular weight excluding hydrogens is 206 g/mol. The monoisotopic (exact) mass is 225 g/mol. The van der Waals surface area contributed by atoms with Crippen LogP contribution in [-0.2, 0) is 10.0 Å². The Morgan fingerprint density at radius 2 is 1.93 bits per heavy atom. The Labute approximate surface area is 85.2 Å². The lowest BCUT2D eigenvalue weighted by Gasteiger charge is -2.20. The molecule has 0 saturated heterocycles. The minimum atomic E-state index is -3.35. The van der Waals surface area contributed by atoms with Crippen LogP contribution >= 0.6 is 0 Å². The van der Waals surface area contributed by atoms with Crippen molar-refractivity contribution in [3.63, 3.8) is 0 Å². The second-order valence-electron chi connectivity index (χ2n) is 4.15. The molecule has 0 saturated carbocycles. The van der Waals surface area contributed by atoms with Gasteiger partial charge in [-0.05, 0) is 12.8 Å². The molecule has 3 N–H and O–H groups in total. The first-order chi connectivity index (χ1) is 6.18. The van der Waals surface area contributed by atoms with E-state index in [1.54, 1.807) is 13.8 Å². The van der Waals surface area contributed by atoms with Crippen LogP contribution in [0.5, 0.6) is 0 Å². The van der Waals surface area contributed by atoms with E-state index in [0.29, 0.717) is 0 Å². The molecule has 0 rings (SSSR count). The van der Waals surface area contributed by atoms with Gasteiger partial charge in [0, 0.05) is 6.54 Å². The van der Waals surface area contributed by atoms with E-state index < -0.39 is 22.2 Å². The van der Waals surface area contributed by atoms with Gasteiger partial charge >= 0.3 is 0 Å². The number of aliphatic hydroxyl groups is 2. The molecule has 0 bridgehead atoms. The van der Waals surface area contributed by atoms with Crippen LogP contribution in [0.4, 0.5) is 0 Å². The van der Waals surface area contributed by atoms with Crippen molar-refractivity contribution in [1.82, 2.24) is 4.72 Å². The third-order valence-electron chi connectivity index (χ3n) is 1.57. The molecule has 86 valence electrons. The summed E-state index contributed by atoms with van der Waals surface area (Å²) in [6.07, 6.45) is 0. The standard InChI is InChI=1S/C8H19NO4S/c1-7(2)4-14(12,13)9-5-8(3,11)6-10/h7,9-11H,4-6H2,1-3H3. The molecule has 0 aliphatic heterocycles. The van der Waals surface area contributed by atoms with E-state index in [9.17, 15) is 13.5 Å². The van der Waals surface area contributed by atoms with Gasteiger partial charge < -0.3 is 10.2 Å². The molecular formula is C8H19NO4S. The molecule has 0 aliphatic carbocycles. The van der Waals surface area contributed by atoms with E-state index >= 15 is 0 Å². The minimum absolute atomic E-state index is 0.0223. The topological polar surface area (TPSA) is 86.6 Å². The largest absolute Gasteiger partial charge is 0.393 e. The number of hydrogen-bond acceptors (Lipinski definition) is 4. The number of nitrogens with one attached hydrogen (secondary N) is 1. The number of rotatable bonds is 6. The predicted molar refractivity (Wildman–Crippen MR) is 54.3 cm³/mol. The maximum absolute atomic E-state index is 11.3. The SMILES string of the molecule is CC(C)CS(=O)(=O)NCC(C)(O)CO. The summed E-state index contributed by atoms with van der Waals surface area (Å²) in [7, 11) is -3.35. The van der Waals surface area contributed by atoms with Gasteiger partial charge in [0.2, 0.25) is 10.0 Å². The number of sulfonamides is 1. The van der Waals surface area contributed by atoms with Gasteiger partial charge in [-0.2, -0.15) is 0 Å². The van der Waals surface area contributed by atoms with Crippen molar-refractivity contribution in [3.8, 4) is 0 Å². The lowest BCUT2D eigenvalue weighted by atomic mass is 10.1.